The molecule has 1 saturated carbocycles. The van der Waals surface area contributed by atoms with Gasteiger partial charge in [0.25, 0.3) is 0 Å². The molecular formula is C25H27Cl2FN2O4. The van der Waals surface area contributed by atoms with E-state index in [2.05, 4.69) is 5.32 Å². The number of nitrogens with one attached hydrogen (secondary N) is 1. The van der Waals surface area contributed by atoms with Crippen LogP contribution in [0.5, 0.6) is 5.75 Å². The van der Waals surface area contributed by atoms with E-state index in [0.29, 0.717) is 42.3 Å². The lowest BCUT2D eigenvalue weighted by Gasteiger charge is -2.43. The molecule has 1 aliphatic carbocycles. The molecule has 1 aliphatic heterocycles. The molecule has 0 unspecified atom stereocenters. The third-order valence-corrected chi connectivity index (χ3v) is 7.79. The summed E-state index contributed by atoms with van der Waals surface area (Å²) in [5.74, 6) is -1.03. The van der Waals surface area contributed by atoms with Crippen molar-refractivity contribution >= 4 is 35.1 Å². The predicted octanol–water partition coefficient (Wildman–Crippen LogP) is 4.81. The Morgan fingerprint density at radius 2 is 1.76 bits per heavy atom. The van der Waals surface area contributed by atoms with Crippen LogP contribution in [0.15, 0.2) is 42.5 Å². The van der Waals surface area contributed by atoms with Crippen LogP contribution in [0.3, 0.4) is 0 Å². The molecule has 0 bridgehead atoms. The fourth-order valence-corrected chi connectivity index (χ4v) is 5.43. The number of aliphatic hydroxyl groups is 1. The van der Waals surface area contributed by atoms with E-state index in [4.69, 9.17) is 27.9 Å². The second kappa shape index (κ2) is 10.2. The van der Waals surface area contributed by atoms with Crippen molar-refractivity contribution in [1.29, 1.82) is 0 Å². The van der Waals surface area contributed by atoms with E-state index >= 15 is 0 Å². The Morgan fingerprint density at radius 3 is 2.41 bits per heavy atom. The Morgan fingerprint density at radius 1 is 1.09 bits per heavy atom. The van der Waals surface area contributed by atoms with Crippen molar-refractivity contribution < 1.29 is 23.8 Å². The Hall–Kier alpha value is -2.19. The number of amides is 1. The fourth-order valence-electron chi connectivity index (χ4n) is 5.12. The Balaban J connectivity index is 1.70. The number of carbonyl (C=O) groups excluding carboxylic acids is 2. The van der Waals surface area contributed by atoms with Crippen LogP contribution in [0.4, 0.5) is 9.18 Å². The molecule has 2 atom stereocenters. The second-order valence-electron chi connectivity index (χ2n) is 9.03. The first-order valence-corrected chi connectivity index (χ1v) is 12.1. The number of benzene rings is 2. The number of hydrogen-bond acceptors (Lipinski definition) is 5. The molecule has 0 aromatic heterocycles. The molecule has 2 fully saturated rings. The maximum atomic E-state index is 14.1. The molecule has 9 heteroatoms. The maximum absolute atomic E-state index is 14.1. The quantitative estimate of drug-likeness (QED) is 0.605. The summed E-state index contributed by atoms with van der Waals surface area (Å²) < 4.78 is 18.8. The summed E-state index contributed by atoms with van der Waals surface area (Å²) in [5, 5.41) is 14.0. The Kier molecular flexibility index (Phi) is 7.48. The highest BCUT2D eigenvalue weighted by atomic mass is 35.5. The Bertz CT molecular complexity index is 1060. The fraction of sp³-hybridized carbons (Fsp3) is 0.440. The zero-order valence-corrected chi connectivity index (χ0v) is 20.3. The van der Waals surface area contributed by atoms with E-state index in [9.17, 15) is 19.1 Å². The monoisotopic (exact) mass is 508 g/mol. The van der Waals surface area contributed by atoms with Gasteiger partial charge in [0.15, 0.2) is 5.78 Å². The smallest absolute Gasteiger partial charge is 0.410 e. The zero-order valence-electron chi connectivity index (χ0n) is 18.8. The molecule has 182 valence electrons. The van der Waals surface area contributed by atoms with Crippen molar-refractivity contribution in [2.45, 2.75) is 43.2 Å². The molecule has 0 spiro atoms. The molecule has 0 radical (unpaired) electrons. The van der Waals surface area contributed by atoms with E-state index in [-0.39, 0.29) is 24.0 Å². The van der Waals surface area contributed by atoms with E-state index in [1.165, 1.54) is 29.2 Å². The Labute approximate surface area is 208 Å². The molecule has 2 aromatic carbocycles. The molecule has 2 aliphatic rings. The molecule has 34 heavy (non-hydrogen) atoms. The van der Waals surface area contributed by atoms with Gasteiger partial charge >= 0.3 is 6.09 Å². The highest BCUT2D eigenvalue weighted by molar-refractivity contribution is 6.42. The van der Waals surface area contributed by atoms with Crippen LogP contribution in [0.2, 0.25) is 10.0 Å². The average molecular weight is 509 g/mol. The highest BCUT2D eigenvalue weighted by Gasteiger charge is 2.56. The van der Waals surface area contributed by atoms with Crippen LogP contribution < -0.4 is 10.1 Å². The number of ketones is 1. The molecule has 2 aromatic rings. The van der Waals surface area contributed by atoms with Crippen LogP contribution in [-0.2, 0) is 4.79 Å². The van der Waals surface area contributed by atoms with Crippen molar-refractivity contribution in [1.82, 2.24) is 10.2 Å². The van der Waals surface area contributed by atoms with Gasteiger partial charge in [-0.2, -0.15) is 0 Å². The number of nitrogens with zero attached hydrogens (tertiary/aromatic N) is 1. The number of likely N-dealkylation sites (N-methyl/N-ethyl adjacent to an activating group) is 1. The van der Waals surface area contributed by atoms with Gasteiger partial charge in [0.1, 0.15) is 17.1 Å². The number of rotatable bonds is 5. The topological polar surface area (TPSA) is 78.9 Å². The number of carbonyl (C=O) groups is 2. The first-order valence-electron chi connectivity index (χ1n) is 11.3. The van der Waals surface area contributed by atoms with Crippen molar-refractivity contribution in [3.8, 4) is 5.75 Å². The minimum Gasteiger partial charge on any atom is -0.410 e. The van der Waals surface area contributed by atoms with Crippen LogP contribution in [0.25, 0.3) is 0 Å². The zero-order chi connectivity index (χ0) is 24.5. The van der Waals surface area contributed by atoms with Gasteiger partial charge in [0.2, 0.25) is 0 Å². The summed E-state index contributed by atoms with van der Waals surface area (Å²) in [6, 6.07) is 10.4. The molecule has 2 N–H and O–H groups in total. The van der Waals surface area contributed by atoms with Gasteiger partial charge in [-0.05, 0) is 67.6 Å². The minimum absolute atomic E-state index is 0.0703. The SMILES string of the molecule is CN(C(=O)Oc1ccc(F)cc1)[C@@]1(C(=O)[C@H]2CC[C@H](O)CC2)CNC[C@@H]1c1ccc(Cl)c(Cl)c1. The van der Waals surface area contributed by atoms with E-state index in [1.54, 1.807) is 19.2 Å². The second-order valence-corrected chi connectivity index (χ2v) is 9.85. The van der Waals surface area contributed by atoms with Crippen molar-refractivity contribution in [2.24, 2.45) is 5.92 Å². The van der Waals surface area contributed by atoms with E-state index in [1.807, 2.05) is 6.07 Å². The molecule has 1 amide bonds. The summed E-state index contributed by atoms with van der Waals surface area (Å²) in [6.45, 7) is 0.692. The van der Waals surface area contributed by atoms with Crippen LogP contribution in [-0.4, -0.2) is 53.7 Å². The number of halogens is 3. The summed E-state index contributed by atoms with van der Waals surface area (Å²) in [5.41, 5.74) is -0.452. The largest absolute Gasteiger partial charge is 0.415 e. The van der Waals surface area contributed by atoms with E-state index in [0.717, 1.165) is 5.56 Å². The van der Waals surface area contributed by atoms with Crippen molar-refractivity contribution in [2.75, 3.05) is 20.1 Å². The lowest BCUT2D eigenvalue weighted by atomic mass is 9.70. The third-order valence-electron chi connectivity index (χ3n) is 7.05. The van der Waals surface area contributed by atoms with Crippen molar-refractivity contribution in [3.05, 3.63) is 63.9 Å². The molecule has 4 rings (SSSR count). The van der Waals surface area contributed by atoms with Crippen LogP contribution in [0, 0.1) is 11.7 Å². The summed E-state index contributed by atoms with van der Waals surface area (Å²) in [6.07, 6.45) is 1.06. The van der Waals surface area contributed by atoms with Gasteiger partial charge in [0, 0.05) is 32.0 Å². The summed E-state index contributed by atoms with van der Waals surface area (Å²) in [4.78, 5) is 28.8. The summed E-state index contributed by atoms with van der Waals surface area (Å²) in [7, 11) is 1.55. The standard InChI is InChI=1S/C25H27Cl2FN2O4/c1-30(24(33)34-19-9-5-17(28)6-10-19)25(23(32)15-2-7-18(31)8-3-15)14-29-13-20(25)16-4-11-21(26)22(27)12-16/h4-6,9-12,15,18,20,29,31H,2-3,7-8,13-14H2,1H3/t15-,18-,20-,25+/m1/s1. The minimum atomic E-state index is -1.23. The third kappa shape index (κ3) is 4.80. The van der Waals surface area contributed by atoms with Gasteiger partial charge in [0.05, 0.1) is 16.1 Å². The number of hydrogen-bond donors (Lipinski definition) is 2. The number of Topliss-reactive ketones (excluding diaryl/α,β-unsaturated/α-hetero) is 1. The van der Waals surface area contributed by atoms with Gasteiger partial charge in [-0.25, -0.2) is 9.18 Å². The van der Waals surface area contributed by atoms with E-state index < -0.39 is 29.5 Å². The lowest BCUT2D eigenvalue weighted by molar-refractivity contribution is -0.135. The summed E-state index contributed by atoms with van der Waals surface area (Å²) >= 11 is 12.4. The number of ether oxygens (including phenoxy) is 1. The normalized spacial score (nSPS) is 26.8. The van der Waals surface area contributed by atoms with Gasteiger partial charge in [-0.3, -0.25) is 9.69 Å². The first kappa shape index (κ1) is 24.9. The predicted molar refractivity (Wildman–Crippen MR) is 128 cm³/mol. The van der Waals surface area contributed by atoms with Crippen molar-refractivity contribution in [3.63, 3.8) is 0 Å². The average Bonchev–Trinajstić information content (AvgIpc) is 3.28. The number of aliphatic hydroxyl groups excluding tert-OH is 1. The van der Waals surface area contributed by atoms with Crippen LogP contribution in [0.1, 0.15) is 37.2 Å². The van der Waals surface area contributed by atoms with Gasteiger partial charge in [-0.15, -0.1) is 0 Å². The van der Waals surface area contributed by atoms with Gasteiger partial charge in [-0.1, -0.05) is 29.3 Å². The molecular weight excluding hydrogens is 482 g/mol. The van der Waals surface area contributed by atoms with Gasteiger partial charge < -0.3 is 15.2 Å². The first-order chi connectivity index (χ1) is 16.2. The lowest BCUT2D eigenvalue weighted by Crippen LogP contribution is -2.62. The highest BCUT2D eigenvalue weighted by Crippen LogP contribution is 2.43. The van der Waals surface area contributed by atoms with Crippen LogP contribution >= 0.6 is 23.2 Å². The maximum Gasteiger partial charge on any atom is 0.415 e. The molecule has 1 heterocycles. The molecule has 1 saturated heterocycles. The molecule has 6 nitrogen and oxygen atoms in total.